The van der Waals surface area contributed by atoms with Crippen LogP contribution in [0.2, 0.25) is 5.02 Å². The normalized spacial score (nSPS) is 16.8. The van der Waals surface area contributed by atoms with Crippen molar-refractivity contribution < 1.29 is 14.4 Å². The van der Waals surface area contributed by atoms with Gasteiger partial charge >= 0.3 is 0 Å². The average molecular weight is 577 g/mol. The van der Waals surface area contributed by atoms with E-state index >= 15 is 0 Å². The number of hydrogen-bond donors (Lipinski definition) is 3. The summed E-state index contributed by atoms with van der Waals surface area (Å²) in [4.78, 5) is 47.7. The predicted octanol–water partition coefficient (Wildman–Crippen LogP) is 2.84. The molecule has 1 aliphatic heterocycles. The zero-order valence-corrected chi connectivity index (χ0v) is 25.0. The Labute approximate surface area is 240 Å². The Morgan fingerprint density at radius 2 is 1.87 bits per heavy atom. The van der Waals surface area contributed by atoms with Crippen molar-refractivity contribution in [3.8, 4) is 0 Å². The van der Waals surface area contributed by atoms with Gasteiger partial charge in [0.1, 0.15) is 6.04 Å². The van der Waals surface area contributed by atoms with Crippen molar-refractivity contribution in [3.05, 3.63) is 40.4 Å². The Balaban J connectivity index is 1.63. The molecule has 9 nitrogen and oxygen atoms in total. The summed E-state index contributed by atoms with van der Waals surface area (Å²) in [5, 5.41) is 10.2. The first-order valence-corrected chi connectivity index (χ1v) is 14.8. The molecule has 0 unspecified atom stereocenters. The number of fused-ring (bicyclic) bond motifs is 1. The van der Waals surface area contributed by atoms with Crippen LogP contribution in [0, 0.1) is 5.92 Å². The lowest BCUT2D eigenvalue weighted by atomic mass is 9.98. The van der Waals surface area contributed by atoms with Crippen LogP contribution >= 0.6 is 22.9 Å². The first-order valence-electron chi connectivity index (χ1n) is 13.6. The van der Waals surface area contributed by atoms with Gasteiger partial charge in [0.15, 0.2) is 0 Å². The molecule has 2 heterocycles. The molecule has 1 fully saturated rings. The zero-order chi connectivity index (χ0) is 28.5. The maximum Gasteiger partial charge on any atom is 0.247 e. The number of carbonyl (C=O) groups is 3. The fourth-order valence-electron chi connectivity index (χ4n) is 4.35. The second kappa shape index (κ2) is 14.7. The highest BCUT2D eigenvalue weighted by Gasteiger charge is 2.27. The third-order valence-corrected chi connectivity index (χ3v) is 8.49. The lowest BCUT2D eigenvalue weighted by molar-refractivity contribution is -0.129. The van der Waals surface area contributed by atoms with Crippen LogP contribution in [0.15, 0.2) is 30.4 Å². The number of nitrogens with zero attached hydrogens (tertiary/aromatic N) is 3. The van der Waals surface area contributed by atoms with E-state index in [4.69, 9.17) is 11.6 Å². The first kappa shape index (κ1) is 31.0. The van der Waals surface area contributed by atoms with Crippen molar-refractivity contribution in [2.75, 3.05) is 46.3 Å². The van der Waals surface area contributed by atoms with Crippen LogP contribution in [0.3, 0.4) is 0 Å². The maximum atomic E-state index is 13.5. The minimum atomic E-state index is -0.789. The van der Waals surface area contributed by atoms with Gasteiger partial charge in [-0.2, -0.15) is 0 Å². The Kier molecular flexibility index (Phi) is 11.7. The van der Waals surface area contributed by atoms with E-state index in [9.17, 15) is 14.4 Å². The van der Waals surface area contributed by atoms with Crippen LogP contribution < -0.4 is 16.0 Å². The largest absolute Gasteiger partial charge is 0.350 e. The minimum Gasteiger partial charge on any atom is -0.350 e. The lowest BCUT2D eigenvalue weighted by Gasteiger charge is -2.32. The smallest absolute Gasteiger partial charge is 0.247 e. The van der Waals surface area contributed by atoms with E-state index in [1.165, 1.54) is 11.3 Å². The summed E-state index contributed by atoms with van der Waals surface area (Å²) in [5.41, 5.74) is 1.31. The van der Waals surface area contributed by atoms with Crippen LogP contribution in [-0.4, -0.2) is 90.9 Å². The lowest BCUT2D eigenvalue weighted by Crippen LogP contribution is -2.54. The van der Waals surface area contributed by atoms with Crippen LogP contribution in [-0.2, 0) is 20.8 Å². The standard InChI is InChI=1S/C28H41ClN6O3S/c1-6-18(3)23(16-30-27(37)19(4)17-35-12-10-34(5)11-13-35)33-28(38)22(31-25(36)7-2)15-26-32-21-9-8-20(29)14-24(21)39-26/h8-9,14,18,22-23H,4,6-7,10-13,15-17H2,1-3,5H3,(H,30,37)(H,31,36)(H,33,38)/t18-,22-,23+/m0/s1. The van der Waals surface area contributed by atoms with Crippen LogP contribution in [0.5, 0.6) is 0 Å². The first-order chi connectivity index (χ1) is 18.6. The SMILES string of the molecule is C=C(CN1CCN(C)CC1)C(=O)NC[C@@H](NC(=O)[C@H](Cc1nc2ccc(Cl)cc2s1)NC(=O)CC)[C@@H](C)CC. The summed E-state index contributed by atoms with van der Waals surface area (Å²) < 4.78 is 0.926. The van der Waals surface area contributed by atoms with Crippen molar-refractivity contribution in [3.63, 3.8) is 0 Å². The Hall–Kier alpha value is -2.53. The van der Waals surface area contributed by atoms with E-state index in [0.29, 0.717) is 17.1 Å². The summed E-state index contributed by atoms with van der Waals surface area (Å²) in [5.74, 6) is -0.620. The van der Waals surface area contributed by atoms with Gasteiger partial charge in [-0.25, -0.2) is 4.98 Å². The van der Waals surface area contributed by atoms with E-state index in [0.717, 1.165) is 47.8 Å². The number of aromatic nitrogens is 1. The summed E-state index contributed by atoms with van der Waals surface area (Å²) in [6.07, 6.45) is 1.34. The molecule has 0 aliphatic carbocycles. The molecule has 2 aromatic rings. The molecule has 0 spiro atoms. The van der Waals surface area contributed by atoms with Gasteiger partial charge in [-0.15, -0.1) is 11.3 Å². The van der Waals surface area contributed by atoms with Crippen LogP contribution in [0.25, 0.3) is 10.2 Å². The number of thiazole rings is 1. The summed E-state index contributed by atoms with van der Waals surface area (Å²) in [6, 6.07) is 4.37. The molecule has 0 radical (unpaired) electrons. The summed E-state index contributed by atoms with van der Waals surface area (Å²) >= 11 is 7.57. The monoisotopic (exact) mass is 576 g/mol. The number of benzene rings is 1. The fourth-order valence-corrected chi connectivity index (χ4v) is 5.64. The van der Waals surface area contributed by atoms with Crippen molar-refractivity contribution in [1.82, 2.24) is 30.7 Å². The van der Waals surface area contributed by atoms with Crippen molar-refractivity contribution in [2.24, 2.45) is 5.92 Å². The molecule has 1 aliphatic rings. The fraction of sp³-hybridized carbons (Fsp3) is 0.571. The van der Waals surface area contributed by atoms with Gasteiger partial charge in [0.05, 0.1) is 15.2 Å². The Morgan fingerprint density at radius 1 is 1.15 bits per heavy atom. The topological polar surface area (TPSA) is 107 Å². The zero-order valence-electron chi connectivity index (χ0n) is 23.4. The molecule has 3 amide bonds. The number of hydrogen-bond acceptors (Lipinski definition) is 7. The number of rotatable bonds is 13. The van der Waals surface area contributed by atoms with Crippen molar-refractivity contribution in [1.29, 1.82) is 0 Å². The molecular weight excluding hydrogens is 536 g/mol. The van der Waals surface area contributed by atoms with Gasteiger partial charge < -0.3 is 20.9 Å². The number of nitrogens with one attached hydrogen (secondary N) is 3. The number of likely N-dealkylation sites (N-methyl/N-ethyl adjacent to an activating group) is 1. The van der Waals surface area contributed by atoms with E-state index in [2.05, 4.69) is 44.4 Å². The molecule has 11 heteroatoms. The molecular formula is C28H41ClN6O3S. The maximum absolute atomic E-state index is 13.5. The molecule has 214 valence electrons. The third-order valence-electron chi connectivity index (χ3n) is 7.22. The molecule has 1 saturated heterocycles. The highest BCUT2D eigenvalue weighted by Crippen LogP contribution is 2.26. The number of carbonyl (C=O) groups excluding carboxylic acids is 3. The van der Waals surface area contributed by atoms with Gasteiger partial charge in [-0.05, 0) is 31.2 Å². The number of amides is 3. The van der Waals surface area contributed by atoms with Gasteiger partial charge in [-0.3, -0.25) is 19.3 Å². The molecule has 3 N–H and O–H groups in total. The van der Waals surface area contributed by atoms with Crippen LogP contribution in [0.4, 0.5) is 0 Å². The van der Waals surface area contributed by atoms with E-state index < -0.39 is 6.04 Å². The second-order valence-corrected chi connectivity index (χ2v) is 11.8. The summed E-state index contributed by atoms with van der Waals surface area (Å²) in [7, 11) is 2.09. The molecule has 0 saturated carbocycles. The summed E-state index contributed by atoms with van der Waals surface area (Å²) in [6.45, 7) is 14.4. The van der Waals surface area contributed by atoms with Gasteiger partial charge in [0, 0.05) is 68.7 Å². The molecule has 3 atom stereocenters. The molecule has 1 aromatic heterocycles. The average Bonchev–Trinajstić information content (AvgIpc) is 3.32. The third kappa shape index (κ3) is 9.27. The predicted molar refractivity (Wildman–Crippen MR) is 158 cm³/mol. The van der Waals surface area contributed by atoms with Crippen molar-refractivity contribution >= 4 is 50.9 Å². The quantitative estimate of drug-likeness (QED) is 0.317. The molecule has 3 rings (SSSR count). The van der Waals surface area contributed by atoms with Gasteiger partial charge in [0.2, 0.25) is 17.7 Å². The molecule has 39 heavy (non-hydrogen) atoms. The highest BCUT2D eigenvalue weighted by molar-refractivity contribution is 7.18. The Morgan fingerprint density at radius 3 is 2.54 bits per heavy atom. The van der Waals surface area contributed by atoms with Gasteiger partial charge in [-0.1, -0.05) is 45.4 Å². The second-order valence-electron chi connectivity index (χ2n) is 10.3. The van der Waals surface area contributed by atoms with Crippen molar-refractivity contribution in [2.45, 2.75) is 52.1 Å². The van der Waals surface area contributed by atoms with Gasteiger partial charge in [0.25, 0.3) is 0 Å². The van der Waals surface area contributed by atoms with E-state index in [-0.39, 0.29) is 49.1 Å². The number of halogens is 1. The molecule has 0 bridgehead atoms. The highest BCUT2D eigenvalue weighted by atomic mass is 35.5. The van der Waals surface area contributed by atoms with E-state index in [1.54, 1.807) is 13.0 Å². The molecule has 1 aromatic carbocycles. The Bertz CT molecular complexity index is 1160. The minimum absolute atomic E-state index is 0.104. The van der Waals surface area contributed by atoms with E-state index in [1.807, 2.05) is 26.0 Å². The van der Waals surface area contributed by atoms with Crippen LogP contribution in [0.1, 0.15) is 38.6 Å². The number of piperazine rings is 1.